The van der Waals surface area contributed by atoms with Gasteiger partial charge in [-0.15, -0.1) is 0 Å². The number of rotatable bonds is 3. The number of carboxylic acids is 1. The fourth-order valence-corrected chi connectivity index (χ4v) is 1.80. The number of aryl methyl sites for hydroxylation is 1. The fourth-order valence-electron chi connectivity index (χ4n) is 1.56. The third-order valence-corrected chi connectivity index (χ3v) is 2.96. The SMILES string of the molecule is COc1c(-c2cc(C(=O)O)on2)ccc(C)c1Cl. The summed E-state index contributed by atoms with van der Waals surface area (Å²) in [6.45, 7) is 1.85. The van der Waals surface area contributed by atoms with Gasteiger partial charge in [0.15, 0.2) is 0 Å². The third-order valence-electron chi connectivity index (χ3n) is 2.49. The van der Waals surface area contributed by atoms with Crippen molar-refractivity contribution in [3.8, 4) is 17.0 Å². The Balaban J connectivity index is 2.56. The number of benzene rings is 1. The van der Waals surface area contributed by atoms with Gasteiger partial charge in [0.1, 0.15) is 11.4 Å². The van der Waals surface area contributed by atoms with Crippen LogP contribution in [0.1, 0.15) is 16.1 Å². The Labute approximate surface area is 108 Å². The molecule has 18 heavy (non-hydrogen) atoms. The highest BCUT2D eigenvalue weighted by atomic mass is 35.5. The molecule has 2 rings (SSSR count). The maximum Gasteiger partial charge on any atom is 0.374 e. The summed E-state index contributed by atoms with van der Waals surface area (Å²) in [4.78, 5) is 10.7. The monoisotopic (exact) mass is 267 g/mol. The van der Waals surface area contributed by atoms with Crippen molar-refractivity contribution >= 4 is 17.6 Å². The molecule has 0 saturated carbocycles. The zero-order valence-corrected chi connectivity index (χ0v) is 10.5. The quantitative estimate of drug-likeness (QED) is 0.925. The minimum atomic E-state index is -1.18. The minimum Gasteiger partial charge on any atom is -0.494 e. The molecule has 0 saturated heterocycles. The van der Waals surface area contributed by atoms with Gasteiger partial charge in [0.2, 0.25) is 5.76 Å². The Hall–Kier alpha value is -2.01. The molecule has 0 aliphatic rings. The van der Waals surface area contributed by atoms with Crippen LogP contribution in [0.5, 0.6) is 5.75 Å². The molecule has 0 unspecified atom stereocenters. The van der Waals surface area contributed by atoms with E-state index in [4.69, 9.17) is 26.0 Å². The topological polar surface area (TPSA) is 72.6 Å². The van der Waals surface area contributed by atoms with E-state index in [1.54, 1.807) is 12.1 Å². The number of hydrogen-bond donors (Lipinski definition) is 1. The smallest absolute Gasteiger partial charge is 0.374 e. The molecule has 0 spiro atoms. The van der Waals surface area contributed by atoms with Crippen LogP contribution < -0.4 is 4.74 Å². The highest BCUT2D eigenvalue weighted by Gasteiger charge is 2.17. The zero-order valence-electron chi connectivity index (χ0n) is 9.73. The Kier molecular flexibility index (Phi) is 3.25. The first-order valence-electron chi connectivity index (χ1n) is 5.08. The van der Waals surface area contributed by atoms with Gasteiger partial charge < -0.3 is 14.4 Å². The molecule has 1 aromatic carbocycles. The van der Waals surface area contributed by atoms with Gasteiger partial charge in [-0.2, -0.15) is 0 Å². The molecule has 0 amide bonds. The van der Waals surface area contributed by atoms with Crippen molar-refractivity contribution in [2.45, 2.75) is 6.92 Å². The largest absolute Gasteiger partial charge is 0.494 e. The van der Waals surface area contributed by atoms with E-state index in [0.29, 0.717) is 22.0 Å². The molecule has 0 bridgehead atoms. The average molecular weight is 268 g/mol. The summed E-state index contributed by atoms with van der Waals surface area (Å²) >= 11 is 6.12. The van der Waals surface area contributed by atoms with Crippen molar-refractivity contribution < 1.29 is 19.2 Å². The van der Waals surface area contributed by atoms with E-state index >= 15 is 0 Å². The van der Waals surface area contributed by atoms with Crippen molar-refractivity contribution in [2.24, 2.45) is 0 Å². The predicted molar refractivity (Wildman–Crippen MR) is 65.2 cm³/mol. The van der Waals surface area contributed by atoms with Crippen LogP contribution >= 0.6 is 11.6 Å². The van der Waals surface area contributed by atoms with Gasteiger partial charge in [0.05, 0.1) is 12.1 Å². The molecule has 1 aromatic heterocycles. The van der Waals surface area contributed by atoms with E-state index in [1.807, 2.05) is 6.92 Å². The summed E-state index contributed by atoms with van der Waals surface area (Å²) in [7, 11) is 1.49. The van der Waals surface area contributed by atoms with Crippen molar-refractivity contribution in [3.63, 3.8) is 0 Å². The number of carboxylic acid groups (broad SMARTS) is 1. The van der Waals surface area contributed by atoms with Gasteiger partial charge in [-0.05, 0) is 18.6 Å². The number of halogens is 1. The molecule has 6 heteroatoms. The van der Waals surface area contributed by atoms with Crippen LogP contribution in [0.25, 0.3) is 11.3 Å². The first kappa shape index (κ1) is 12.4. The van der Waals surface area contributed by atoms with Crippen LogP contribution in [0.15, 0.2) is 22.7 Å². The third kappa shape index (κ3) is 2.04. The van der Waals surface area contributed by atoms with Gasteiger partial charge in [0, 0.05) is 11.6 Å². The molecular weight excluding hydrogens is 258 g/mol. The van der Waals surface area contributed by atoms with Crippen molar-refractivity contribution in [3.05, 3.63) is 34.5 Å². The van der Waals surface area contributed by atoms with E-state index in [9.17, 15) is 4.79 Å². The molecule has 1 N–H and O–H groups in total. The van der Waals surface area contributed by atoms with Gasteiger partial charge in [-0.1, -0.05) is 22.8 Å². The first-order chi connectivity index (χ1) is 8.54. The Morgan fingerprint density at radius 3 is 2.78 bits per heavy atom. The highest BCUT2D eigenvalue weighted by molar-refractivity contribution is 6.33. The molecule has 0 fully saturated rings. The van der Waals surface area contributed by atoms with Crippen LogP contribution in [-0.2, 0) is 0 Å². The maximum atomic E-state index is 10.7. The van der Waals surface area contributed by atoms with Crippen molar-refractivity contribution in [2.75, 3.05) is 7.11 Å². The summed E-state index contributed by atoms with van der Waals surface area (Å²) in [6, 6.07) is 4.88. The van der Waals surface area contributed by atoms with E-state index in [-0.39, 0.29) is 5.76 Å². The lowest BCUT2D eigenvalue weighted by Crippen LogP contribution is -1.92. The molecule has 0 aliphatic carbocycles. The molecule has 94 valence electrons. The average Bonchev–Trinajstić information content (AvgIpc) is 2.82. The highest BCUT2D eigenvalue weighted by Crippen LogP contribution is 2.37. The lowest BCUT2D eigenvalue weighted by Gasteiger charge is -2.09. The maximum absolute atomic E-state index is 10.7. The number of carbonyl (C=O) groups is 1. The Morgan fingerprint density at radius 1 is 1.50 bits per heavy atom. The number of methoxy groups -OCH3 is 1. The molecule has 0 atom stereocenters. The fraction of sp³-hybridized carbons (Fsp3) is 0.167. The van der Waals surface area contributed by atoms with Crippen LogP contribution in [-0.4, -0.2) is 23.3 Å². The molecule has 0 radical (unpaired) electrons. The molecule has 2 aromatic rings. The van der Waals surface area contributed by atoms with Crippen LogP contribution in [0, 0.1) is 6.92 Å². The molecule has 5 nitrogen and oxygen atoms in total. The normalized spacial score (nSPS) is 10.4. The zero-order chi connectivity index (χ0) is 13.3. The number of aromatic nitrogens is 1. The van der Waals surface area contributed by atoms with Crippen LogP contribution in [0.4, 0.5) is 0 Å². The summed E-state index contributed by atoms with van der Waals surface area (Å²) in [5.74, 6) is -0.961. The van der Waals surface area contributed by atoms with Crippen LogP contribution in [0.2, 0.25) is 5.02 Å². The van der Waals surface area contributed by atoms with Crippen LogP contribution in [0.3, 0.4) is 0 Å². The van der Waals surface area contributed by atoms with Gasteiger partial charge in [-0.25, -0.2) is 4.79 Å². The van der Waals surface area contributed by atoms with E-state index in [0.717, 1.165) is 5.56 Å². The Bertz CT molecular complexity index is 606. The number of ether oxygens (including phenoxy) is 1. The minimum absolute atomic E-state index is 0.233. The summed E-state index contributed by atoms with van der Waals surface area (Å²) in [5, 5.41) is 12.9. The summed E-state index contributed by atoms with van der Waals surface area (Å²) < 4.78 is 9.92. The lowest BCUT2D eigenvalue weighted by atomic mass is 10.1. The van der Waals surface area contributed by atoms with Gasteiger partial charge in [-0.3, -0.25) is 0 Å². The molecule has 0 aliphatic heterocycles. The van der Waals surface area contributed by atoms with Crippen molar-refractivity contribution in [1.29, 1.82) is 0 Å². The molecule has 1 heterocycles. The van der Waals surface area contributed by atoms with E-state index < -0.39 is 5.97 Å². The summed E-state index contributed by atoms with van der Waals surface area (Å²) in [5.41, 5.74) is 1.81. The number of hydrogen-bond acceptors (Lipinski definition) is 4. The van der Waals surface area contributed by atoms with Crippen molar-refractivity contribution in [1.82, 2.24) is 5.16 Å². The summed E-state index contributed by atoms with van der Waals surface area (Å²) in [6.07, 6.45) is 0. The Morgan fingerprint density at radius 2 is 2.22 bits per heavy atom. The first-order valence-corrected chi connectivity index (χ1v) is 5.46. The number of aromatic carboxylic acids is 1. The second-order valence-electron chi connectivity index (χ2n) is 3.66. The second kappa shape index (κ2) is 4.70. The van der Waals surface area contributed by atoms with Gasteiger partial charge >= 0.3 is 5.97 Å². The van der Waals surface area contributed by atoms with Gasteiger partial charge in [0.25, 0.3) is 0 Å². The van der Waals surface area contributed by atoms with E-state index in [1.165, 1.54) is 13.2 Å². The number of nitrogens with zero attached hydrogens (tertiary/aromatic N) is 1. The molecular formula is C12H10ClNO4. The standard InChI is InChI=1S/C12H10ClNO4/c1-6-3-4-7(11(17-2)10(6)13)8-5-9(12(15)16)18-14-8/h3-5H,1-2H3,(H,15,16). The van der Waals surface area contributed by atoms with E-state index in [2.05, 4.69) is 5.16 Å². The second-order valence-corrected chi connectivity index (χ2v) is 4.04. The lowest BCUT2D eigenvalue weighted by molar-refractivity contribution is 0.0652. The predicted octanol–water partition coefficient (Wildman–Crippen LogP) is 3.01.